The standard InChI is InChI=1S/C12H12BrFN2O/c1-2-16-11(10-3-4-17-12(10)13)8-5-9(14)7-15-6-8/h3-7,11,16H,2H2,1H3. The van der Waals surface area contributed by atoms with Crippen molar-refractivity contribution in [1.29, 1.82) is 0 Å². The number of rotatable bonds is 4. The summed E-state index contributed by atoms with van der Waals surface area (Å²) >= 11 is 3.33. The Bertz CT molecular complexity index is 501. The smallest absolute Gasteiger partial charge is 0.174 e. The molecule has 0 aliphatic carbocycles. The third-order valence-corrected chi connectivity index (χ3v) is 3.07. The molecule has 0 radical (unpaired) electrons. The van der Waals surface area contributed by atoms with Gasteiger partial charge in [0, 0.05) is 11.8 Å². The Morgan fingerprint density at radius 3 is 2.94 bits per heavy atom. The summed E-state index contributed by atoms with van der Waals surface area (Å²) in [7, 11) is 0. The van der Waals surface area contributed by atoms with Gasteiger partial charge in [0.05, 0.1) is 18.5 Å². The third kappa shape index (κ3) is 2.73. The summed E-state index contributed by atoms with van der Waals surface area (Å²) in [6.45, 7) is 2.76. The van der Waals surface area contributed by atoms with Crippen molar-refractivity contribution in [2.45, 2.75) is 13.0 Å². The SMILES string of the molecule is CCNC(c1cncc(F)c1)c1ccoc1Br. The number of pyridine rings is 1. The molecule has 1 N–H and O–H groups in total. The molecular weight excluding hydrogens is 287 g/mol. The monoisotopic (exact) mass is 298 g/mol. The van der Waals surface area contributed by atoms with Gasteiger partial charge < -0.3 is 9.73 Å². The summed E-state index contributed by atoms with van der Waals surface area (Å²) in [6.07, 6.45) is 4.43. The molecule has 1 atom stereocenters. The lowest BCUT2D eigenvalue weighted by Crippen LogP contribution is -2.22. The van der Waals surface area contributed by atoms with Crippen molar-refractivity contribution in [3.8, 4) is 0 Å². The van der Waals surface area contributed by atoms with E-state index in [1.54, 1.807) is 12.5 Å². The average molecular weight is 299 g/mol. The van der Waals surface area contributed by atoms with Crippen LogP contribution in [0.15, 0.2) is 39.9 Å². The number of halogens is 2. The number of furan rings is 1. The summed E-state index contributed by atoms with van der Waals surface area (Å²) in [4.78, 5) is 3.87. The van der Waals surface area contributed by atoms with E-state index in [2.05, 4.69) is 26.2 Å². The van der Waals surface area contributed by atoms with E-state index in [1.165, 1.54) is 12.3 Å². The molecule has 17 heavy (non-hydrogen) atoms. The van der Waals surface area contributed by atoms with E-state index >= 15 is 0 Å². The summed E-state index contributed by atoms with van der Waals surface area (Å²) in [5.74, 6) is -0.343. The maximum atomic E-state index is 13.2. The Labute approximate surface area is 107 Å². The molecule has 1 unspecified atom stereocenters. The van der Waals surface area contributed by atoms with Crippen LogP contribution in [0.2, 0.25) is 0 Å². The molecule has 0 saturated carbocycles. The fraction of sp³-hybridized carbons (Fsp3) is 0.250. The molecule has 0 spiro atoms. The Balaban J connectivity index is 2.39. The minimum absolute atomic E-state index is 0.128. The highest BCUT2D eigenvalue weighted by molar-refractivity contribution is 9.10. The number of aromatic nitrogens is 1. The van der Waals surface area contributed by atoms with E-state index in [4.69, 9.17) is 4.42 Å². The lowest BCUT2D eigenvalue weighted by Gasteiger charge is -2.17. The van der Waals surface area contributed by atoms with Gasteiger partial charge in [-0.25, -0.2) is 4.39 Å². The molecule has 0 fully saturated rings. The van der Waals surface area contributed by atoms with Crippen molar-refractivity contribution < 1.29 is 8.81 Å². The van der Waals surface area contributed by atoms with E-state index < -0.39 is 0 Å². The van der Waals surface area contributed by atoms with Crippen LogP contribution < -0.4 is 5.32 Å². The summed E-state index contributed by atoms with van der Waals surface area (Å²) in [5.41, 5.74) is 1.70. The molecule has 3 nitrogen and oxygen atoms in total. The second-order valence-corrected chi connectivity index (χ2v) is 4.30. The molecule has 2 rings (SSSR count). The predicted octanol–water partition coefficient (Wildman–Crippen LogP) is 3.28. The molecule has 0 bridgehead atoms. The number of nitrogens with zero attached hydrogens (tertiary/aromatic N) is 1. The molecule has 2 aromatic heterocycles. The van der Waals surface area contributed by atoms with Crippen LogP contribution in [0.1, 0.15) is 24.1 Å². The second kappa shape index (κ2) is 5.42. The topological polar surface area (TPSA) is 38.1 Å². The molecule has 2 heterocycles. The van der Waals surface area contributed by atoms with Crippen LogP contribution in [-0.4, -0.2) is 11.5 Å². The Kier molecular flexibility index (Phi) is 3.91. The van der Waals surface area contributed by atoms with Crippen molar-refractivity contribution in [2.75, 3.05) is 6.54 Å². The summed E-state index contributed by atoms with van der Waals surface area (Å²) < 4.78 is 19.0. The highest BCUT2D eigenvalue weighted by Crippen LogP contribution is 2.29. The van der Waals surface area contributed by atoms with Gasteiger partial charge in [0.15, 0.2) is 4.67 Å². The lowest BCUT2D eigenvalue weighted by atomic mass is 10.0. The van der Waals surface area contributed by atoms with Crippen molar-refractivity contribution in [1.82, 2.24) is 10.3 Å². The molecule has 0 aromatic carbocycles. The number of hydrogen-bond donors (Lipinski definition) is 1. The summed E-state index contributed by atoms with van der Waals surface area (Å²) in [6, 6.07) is 3.19. The lowest BCUT2D eigenvalue weighted by molar-refractivity contribution is 0.525. The zero-order valence-electron chi connectivity index (χ0n) is 9.28. The molecular formula is C12H12BrFN2O. The molecule has 0 saturated heterocycles. The van der Waals surface area contributed by atoms with Crippen molar-refractivity contribution in [3.63, 3.8) is 0 Å². The van der Waals surface area contributed by atoms with Crippen LogP contribution in [0.25, 0.3) is 0 Å². The van der Waals surface area contributed by atoms with Gasteiger partial charge in [-0.2, -0.15) is 0 Å². The van der Waals surface area contributed by atoms with Crippen molar-refractivity contribution >= 4 is 15.9 Å². The minimum Gasteiger partial charge on any atom is -0.457 e. The van der Waals surface area contributed by atoms with E-state index in [0.717, 1.165) is 17.7 Å². The first-order valence-electron chi connectivity index (χ1n) is 5.29. The fourth-order valence-corrected chi connectivity index (χ4v) is 2.18. The van der Waals surface area contributed by atoms with E-state index in [0.29, 0.717) is 4.67 Å². The maximum absolute atomic E-state index is 13.2. The highest BCUT2D eigenvalue weighted by atomic mass is 79.9. The normalized spacial score (nSPS) is 12.6. The van der Waals surface area contributed by atoms with Gasteiger partial charge in [-0.3, -0.25) is 4.98 Å². The Hall–Kier alpha value is -1.20. The second-order valence-electron chi connectivity index (χ2n) is 3.58. The van der Waals surface area contributed by atoms with Gasteiger partial charge in [0.1, 0.15) is 5.82 Å². The molecule has 5 heteroatoms. The molecule has 2 aromatic rings. The van der Waals surface area contributed by atoms with Gasteiger partial charge in [-0.05, 0) is 40.2 Å². The van der Waals surface area contributed by atoms with Gasteiger partial charge in [0.25, 0.3) is 0 Å². The highest BCUT2D eigenvalue weighted by Gasteiger charge is 2.18. The van der Waals surface area contributed by atoms with Crippen molar-refractivity contribution in [3.05, 3.63) is 52.4 Å². The largest absolute Gasteiger partial charge is 0.457 e. The van der Waals surface area contributed by atoms with Gasteiger partial charge in [-0.15, -0.1) is 0 Å². The first-order chi connectivity index (χ1) is 8.22. The van der Waals surface area contributed by atoms with Gasteiger partial charge >= 0.3 is 0 Å². The molecule has 0 aliphatic rings. The number of nitrogens with one attached hydrogen (secondary N) is 1. The molecule has 90 valence electrons. The van der Waals surface area contributed by atoms with E-state index in [9.17, 15) is 4.39 Å². The van der Waals surface area contributed by atoms with Gasteiger partial charge in [-0.1, -0.05) is 6.92 Å². The van der Waals surface area contributed by atoms with Crippen molar-refractivity contribution in [2.24, 2.45) is 0 Å². The Morgan fingerprint density at radius 1 is 1.53 bits per heavy atom. The van der Waals surface area contributed by atoms with E-state index in [1.807, 2.05) is 13.0 Å². The van der Waals surface area contributed by atoms with Crippen LogP contribution >= 0.6 is 15.9 Å². The minimum atomic E-state index is -0.343. The summed E-state index contributed by atoms with van der Waals surface area (Å²) in [5, 5.41) is 3.27. The maximum Gasteiger partial charge on any atom is 0.174 e. The molecule has 0 aliphatic heterocycles. The van der Waals surface area contributed by atoms with Crippen LogP contribution in [0.3, 0.4) is 0 Å². The number of hydrogen-bond acceptors (Lipinski definition) is 3. The third-order valence-electron chi connectivity index (χ3n) is 2.42. The first-order valence-corrected chi connectivity index (χ1v) is 6.08. The van der Waals surface area contributed by atoms with Gasteiger partial charge in [0.2, 0.25) is 0 Å². The first kappa shape index (κ1) is 12.3. The Morgan fingerprint density at radius 2 is 2.35 bits per heavy atom. The van der Waals surface area contributed by atoms with Crippen LogP contribution in [0, 0.1) is 5.82 Å². The van der Waals surface area contributed by atoms with Crippen LogP contribution in [0.4, 0.5) is 4.39 Å². The zero-order chi connectivity index (χ0) is 12.3. The zero-order valence-corrected chi connectivity index (χ0v) is 10.9. The predicted molar refractivity (Wildman–Crippen MR) is 66.1 cm³/mol. The van der Waals surface area contributed by atoms with Crippen LogP contribution in [0.5, 0.6) is 0 Å². The fourth-order valence-electron chi connectivity index (χ4n) is 1.71. The molecule has 0 amide bonds. The van der Waals surface area contributed by atoms with Crippen LogP contribution in [-0.2, 0) is 0 Å². The average Bonchev–Trinajstić information content (AvgIpc) is 2.72. The quantitative estimate of drug-likeness (QED) is 0.941. The van der Waals surface area contributed by atoms with E-state index in [-0.39, 0.29) is 11.9 Å².